The molecule has 1 amide bonds. The van der Waals surface area contributed by atoms with Crippen molar-refractivity contribution in [2.75, 3.05) is 20.1 Å². The summed E-state index contributed by atoms with van der Waals surface area (Å²) in [5.41, 5.74) is 0. The summed E-state index contributed by atoms with van der Waals surface area (Å²) in [5.74, 6) is 0.213. The van der Waals surface area contributed by atoms with Gasteiger partial charge in [0.05, 0.1) is 6.10 Å². The van der Waals surface area contributed by atoms with Gasteiger partial charge in [0.25, 0.3) is 5.91 Å². The van der Waals surface area contributed by atoms with Crippen molar-refractivity contribution in [3.8, 4) is 0 Å². The smallest absolute Gasteiger partial charge is 0.251 e. The van der Waals surface area contributed by atoms with Gasteiger partial charge in [-0.3, -0.25) is 9.69 Å². The first-order chi connectivity index (χ1) is 10.6. The van der Waals surface area contributed by atoms with E-state index in [0.717, 1.165) is 32.4 Å². The van der Waals surface area contributed by atoms with Crippen LogP contribution >= 0.6 is 0 Å². The largest absolute Gasteiger partial charge is 0.365 e. The third-order valence-electron chi connectivity index (χ3n) is 6.01. The van der Waals surface area contributed by atoms with Gasteiger partial charge in [0.1, 0.15) is 6.10 Å². The highest BCUT2D eigenvalue weighted by Crippen LogP contribution is 2.29. The maximum atomic E-state index is 12.8. The summed E-state index contributed by atoms with van der Waals surface area (Å²) in [7, 11) is 2.22. The normalized spacial score (nSPS) is 32.5. The van der Waals surface area contributed by atoms with Crippen LogP contribution in [0.25, 0.3) is 0 Å². The lowest BCUT2D eigenvalue weighted by Crippen LogP contribution is -2.45. The molecule has 4 nitrogen and oxygen atoms in total. The average molecular weight is 308 g/mol. The SMILES string of the molecule is C[C@@H](OC1CCCCCC1)C(=O)N1CC[C@H]2CC[C@@H](C1)N2C. The summed E-state index contributed by atoms with van der Waals surface area (Å²) in [6, 6.07) is 1.24. The van der Waals surface area contributed by atoms with Crippen molar-refractivity contribution in [3.63, 3.8) is 0 Å². The van der Waals surface area contributed by atoms with Crippen molar-refractivity contribution >= 4 is 5.91 Å². The molecular formula is C18H32N2O2. The minimum atomic E-state index is -0.273. The summed E-state index contributed by atoms with van der Waals surface area (Å²) in [6.45, 7) is 3.76. The van der Waals surface area contributed by atoms with E-state index < -0.39 is 0 Å². The van der Waals surface area contributed by atoms with Crippen molar-refractivity contribution in [2.24, 2.45) is 0 Å². The summed E-state index contributed by atoms with van der Waals surface area (Å²) in [6.07, 6.45) is 11.1. The molecular weight excluding hydrogens is 276 g/mol. The lowest BCUT2D eigenvalue weighted by molar-refractivity contribution is -0.147. The standard InChI is InChI=1S/C18H32N2O2/c1-14(22-17-7-5-3-4-6-8-17)18(21)20-12-11-15-9-10-16(13-20)19(15)2/h14-17H,3-13H2,1-2H3/t14-,15-,16+/m1/s1. The molecule has 3 rings (SSSR count). The summed E-state index contributed by atoms with van der Waals surface area (Å²) < 4.78 is 6.13. The van der Waals surface area contributed by atoms with E-state index in [1.165, 1.54) is 38.5 Å². The maximum absolute atomic E-state index is 12.8. The highest BCUT2D eigenvalue weighted by atomic mass is 16.5. The van der Waals surface area contributed by atoms with Crippen molar-refractivity contribution in [3.05, 3.63) is 0 Å². The molecule has 4 heteroatoms. The molecule has 0 N–H and O–H groups in total. The molecule has 1 aliphatic carbocycles. The second-order valence-corrected chi connectivity index (χ2v) is 7.52. The van der Waals surface area contributed by atoms with Gasteiger partial charge in [-0.25, -0.2) is 0 Å². The molecule has 3 aliphatic rings. The molecule has 3 atom stereocenters. The first kappa shape index (κ1) is 16.3. The Balaban J connectivity index is 1.53. The minimum absolute atomic E-state index is 0.213. The van der Waals surface area contributed by atoms with E-state index in [4.69, 9.17) is 4.74 Å². The Morgan fingerprint density at radius 3 is 2.41 bits per heavy atom. The maximum Gasteiger partial charge on any atom is 0.251 e. The zero-order valence-corrected chi connectivity index (χ0v) is 14.3. The highest BCUT2D eigenvalue weighted by Gasteiger charge is 2.37. The van der Waals surface area contributed by atoms with Gasteiger partial charge in [0.15, 0.2) is 0 Å². The van der Waals surface area contributed by atoms with Gasteiger partial charge >= 0.3 is 0 Å². The molecule has 3 fully saturated rings. The Labute approximate surface area is 135 Å². The second kappa shape index (κ2) is 7.31. The second-order valence-electron chi connectivity index (χ2n) is 7.52. The fraction of sp³-hybridized carbons (Fsp3) is 0.944. The number of hydrogen-bond acceptors (Lipinski definition) is 3. The molecule has 2 heterocycles. The number of amides is 1. The predicted molar refractivity (Wildman–Crippen MR) is 87.8 cm³/mol. The van der Waals surface area contributed by atoms with Crippen LogP contribution in [0.1, 0.15) is 64.7 Å². The molecule has 1 saturated carbocycles. The number of ether oxygens (including phenoxy) is 1. The van der Waals surface area contributed by atoms with Crippen LogP contribution in [-0.2, 0) is 9.53 Å². The predicted octanol–water partition coefficient (Wildman–Crippen LogP) is 2.81. The van der Waals surface area contributed by atoms with Crippen molar-refractivity contribution in [1.82, 2.24) is 9.80 Å². The highest BCUT2D eigenvalue weighted by molar-refractivity contribution is 5.80. The number of carbonyl (C=O) groups is 1. The fourth-order valence-electron chi connectivity index (χ4n) is 4.49. The lowest BCUT2D eigenvalue weighted by atomic mass is 10.1. The number of rotatable bonds is 3. The lowest BCUT2D eigenvalue weighted by Gasteiger charge is -2.29. The molecule has 0 unspecified atom stereocenters. The average Bonchev–Trinajstić information content (AvgIpc) is 2.68. The van der Waals surface area contributed by atoms with Gasteiger partial charge in [-0.05, 0) is 46.1 Å². The molecule has 0 aromatic carbocycles. The van der Waals surface area contributed by atoms with Crippen molar-refractivity contribution in [1.29, 1.82) is 0 Å². The van der Waals surface area contributed by atoms with Crippen LogP contribution in [0.3, 0.4) is 0 Å². The Morgan fingerprint density at radius 2 is 1.68 bits per heavy atom. The van der Waals surface area contributed by atoms with Gasteiger partial charge in [-0.2, -0.15) is 0 Å². The number of hydrogen-bond donors (Lipinski definition) is 0. The Kier molecular flexibility index (Phi) is 5.40. The van der Waals surface area contributed by atoms with Gasteiger partial charge in [0.2, 0.25) is 0 Å². The Bertz CT molecular complexity index is 379. The molecule has 0 radical (unpaired) electrons. The third-order valence-corrected chi connectivity index (χ3v) is 6.01. The first-order valence-electron chi connectivity index (χ1n) is 9.31. The number of nitrogens with zero attached hydrogens (tertiary/aromatic N) is 2. The van der Waals surface area contributed by atoms with Crippen LogP contribution < -0.4 is 0 Å². The molecule has 0 spiro atoms. The van der Waals surface area contributed by atoms with E-state index in [0.29, 0.717) is 18.2 Å². The molecule has 126 valence electrons. The van der Waals surface area contributed by atoms with Crippen LogP contribution in [0.15, 0.2) is 0 Å². The van der Waals surface area contributed by atoms with Gasteiger partial charge in [-0.1, -0.05) is 25.7 Å². The van der Waals surface area contributed by atoms with Crippen molar-refractivity contribution in [2.45, 2.75) is 89.0 Å². The van der Waals surface area contributed by atoms with E-state index in [-0.39, 0.29) is 12.0 Å². The van der Waals surface area contributed by atoms with Crippen LogP contribution in [0.5, 0.6) is 0 Å². The molecule has 2 saturated heterocycles. The van der Waals surface area contributed by atoms with Crippen LogP contribution in [0.2, 0.25) is 0 Å². The van der Waals surface area contributed by atoms with Crippen molar-refractivity contribution < 1.29 is 9.53 Å². The number of likely N-dealkylation sites (tertiary alicyclic amines) is 1. The Morgan fingerprint density at radius 1 is 1.00 bits per heavy atom. The molecule has 2 aliphatic heterocycles. The summed E-state index contributed by atoms with van der Waals surface area (Å²) in [5, 5.41) is 0. The van der Waals surface area contributed by atoms with Gasteiger partial charge in [-0.15, -0.1) is 0 Å². The minimum Gasteiger partial charge on any atom is -0.365 e. The molecule has 2 bridgehead atoms. The van der Waals surface area contributed by atoms with E-state index in [2.05, 4.69) is 16.8 Å². The Hall–Kier alpha value is -0.610. The van der Waals surface area contributed by atoms with E-state index in [9.17, 15) is 4.79 Å². The monoisotopic (exact) mass is 308 g/mol. The molecule has 0 aromatic heterocycles. The topological polar surface area (TPSA) is 32.8 Å². The quantitative estimate of drug-likeness (QED) is 0.752. The van der Waals surface area contributed by atoms with E-state index >= 15 is 0 Å². The zero-order valence-electron chi connectivity index (χ0n) is 14.3. The summed E-state index contributed by atoms with van der Waals surface area (Å²) in [4.78, 5) is 17.3. The third kappa shape index (κ3) is 3.65. The number of fused-ring (bicyclic) bond motifs is 2. The fourth-order valence-corrected chi connectivity index (χ4v) is 4.49. The first-order valence-corrected chi connectivity index (χ1v) is 9.31. The summed E-state index contributed by atoms with van der Waals surface area (Å²) >= 11 is 0. The molecule has 22 heavy (non-hydrogen) atoms. The van der Waals surface area contributed by atoms with Crippen LogP contribution in [0, 0.1) is 0 Å². The number of likely N-dealkylation sites (N-methyl/N-ethyl adjacent to an activating group) is 1. The molecule has 0 aromatic rings. The zero-order chi connectivity index (χ0) is 15.5. The number of carbonyl (C=O) groups excluding carboxylic acids is 1. The van der Waals surface area contributed by atoms with Gasteiger partial charge < -0.3 is 9.64 Å². The van der Waals surface area contributed by atoms with Crippen LogP contribution in [0.4, 0.5) is 0 Å². The van der Waals surface area contributed by atoms with Gasteiger partial charge in [0, 0.05) is 25.2 Å². The van der Waals surface area contributed by atoms with Crippen LogP contribution in [-0.4, -0.2) is 60.1 Å². The van der Waals surface area contributed by atoms with E-state index in [1.54, 1.807) is 0 Å². The van der Waals surface area contributed by atoms with E-state index in [1.807, 2.05) is 6.92 Å².